The van der Waals surface area contributed by atoms with Crippen molar-refractivity contribution in [1.29, 1.82) is 0 Å². The van der Waals surface area contributed by atoms with Crippen molar-refractivity contribution in [2.24, 2.45) is 5.10 Å². The number of hydrogen-bond acceptors (Lipinski definition) is 4. The van der Waals surface area contributed by atoms with Gasteiger partial charge in [-0.05, 0) is 36.4 Å². The van der Waals surface area contributed by atoms with E-state index in [2.05, 4.69) is 42.4 Å². The van der Waals surface area contributed by atoms with Crippen molar-refractivity contribution in [3.8, 4) is 11.5 Å². The summed E-state index contributed by atoms with van der Waals surface area (Å²) in [5, 5.41) is 3.91. The molecule has 7 heteroatoms. The summed E-state index contributed by atoms with van der Waals surface area (Å²) in [6.45, 7) is -0.122. The molecule has 0 unspecified atom stereocenters. The molecule has 0 aromatic heterocycles. The van der Waals surface area contributed by atoms with Crippen LogP contribution in [0.4, 0.5) is 0 Å². The zero-order valence-electron chi connectivity index (χ0n) is 12.3. The Labute approximate surface area is 150 Å². The summed E-state index contributed by atoms with van der Waals surface area (Å²) in [5.41, 5.74) is 3.16. The van der Waals surface area contributed by atoms with Crippen LogP contribution in [-0.4, -0.2) is 25.8 Å². The van der Waals surface area contributed by atoms with Gasteiger partial charge in [-0.3, -0.25) is 4.79 Å². The van der Waals surface area contributed by atoms with Gasteiger partial charge < -0.3 is 9.47 Å². The lowest BCUT2D eigenvalue weighted by atomic mass is 10.2. The van der Waals surface area contributed by atoms with Gasteiger partial charge in [-0.25, -0.2) is 5.43 Å². The third kappa shape index (κ3) is 5.69. The van der Waals surface area contributed by atoms with Crippen LogP contribution in [0.2, 0.25) is 0 Å². The monoisotopic (exact) mass is 440 g/mol. The standard InChI is InChI=1S/C16H14Br2N2O3/c1-22-15-6-5-13(18)7-11(15)9-19-20-16(21)10-23-14-4-2-3-12(17)8-14/h2-9H,10H2,1H3,(H,20,21). The number of ether oxygens (including phenoxy) is 2. The average molecular weight is 442 g/mol. The Balaban J connectivity index is 1.88. The fraction of sp³-hybridized carbons (Fsp3) is 0.125. The van der Waals surface area contributed by atoms with E-state index in [1.54, 1.807) is 19.2 Å². The molecule has 2 aromatic carbocycles. The molecule has 0 heterocycles. The van der Waals surface area contributed by atoms with Crippen molar-refractivity contribution < 1.29 is 14.3 Å². The summed E-state index contributed by atoms with van der Waals surface area (Å²) < 4.78 is 12.4. The first-order chi connectivity index (χ1) is 11.1. The molecule has 0 saturated carbocycles. The topological polar surface area (TPSA) is 59.9 Å². The van der Waals surface area contributed by atoms with Gasteiger partial charge in [-0.1, -0.05) is 37.9 Å². The summed E-state index contributed by atoms with van der Waals surface area (Å²) >= 11 is 6.71. The van der Waals surface area contributed by atoms with Crippen LogP contribution in [0, 0.1) is 0 Å². The zero-order chi connectivity index (χ0) is 16.7. The van der Waals surface area contributed by atoms with Crippen molar-refractivity contribution in [2.45, 2.75) is 0 Å². The van der Waals surface area contributed by atoms with E-state index in [1.807, 2.05) is 30.3 Å². The lowest BCUT2D eigenvalue weighted by molar-refractivity contribution is -0.123. The van der Waals surface area contributed by atoms with Gasteiger partial charge in [0, 0.05) is 14.5 Å². The van der Waals surface area contributed by atoms with E-state index >= 15 is 0 Å². The highest BCUT2D eigenvalue weighted by atomic mass is 79.9. The van der Waals surface area contributed by atoms with Gasteiger partial charge in [-0.15, -0.1) is 0 Å². The molecule has 1 N–H and O–H groups in total. The maximum atomic E-state index is 11.7. The number of rotatable bonds is 6. The van der Waals surface area contributed by atoms with Crippen molar-refractivity contribution in [3.05, 3.63) is 57.0 Å². The number of amides is 1. The zero-order valence-corrected chi connectivity index (χ0v) is 15.4. The van der Waals surface area contributed by atoms with Gasteiger partial charge >= 0.3 is 0 Å². The highest BCUT2D eigenvalue weighted by Gasteiger charge is 2.03. The van der Waals surface area contributed by atoms with Crippen LogP contribution in [0.1, 0.15) is 5.56 Å². The Morgan fingerprint density at radius 3 is 2.74 bits per heavy atom. The number of carbonyl (C=O) groups excluding carboxylic acids is 1. The first-order valence-corrected chi connectivity index (χ1v) is 8.21. The molecule has 5 nitrogen and oxygen atoms in total. The number of nitrogens with one attached hydrogen (secondary N) is 1. The van der Waals surface area contributed by atoms with Gasteiger partial charge in [0.05, 0.1) is 13.3 Å². The van der Waals surface area contributed by atoms with Gasteiger partial charge in [0.2, 0.25) is 0 Å². The Hall–Kier alpha value is -1.86. The molecular formula is C16H14Br2N2O3. The minimum absolute atomic E-state index is 0.122. The molecule has 0 aliphatic heterocycles. The van der Waals surface area contributed by atoms with Crippen molar-refractivity contribution >= 4 is 44.0 Å². The predicted octanol–water partition coefficient (Wildman–Crippen LogP) is 3.75. The van der Waals surface area contributed by atoms with E-state index in [4.69, 9.17) is 9.47 Å². The van der Waals surface area contributed by atoms with Gasteiger partial charge in [0.25, 0.3) is 5.91 Å². The molecular weight excluding hydrogens is 428 g/mol. The van der Waals surface area contributed by atoms with E-state index in [0.717, 1.165) is 14.5 Å². The molecule has 0 fully saturated rings. The fourth-order valence-electron chi connectivity index (χ4n) is 1.72. The van der Waals surface area contributed by atoms with Crippen molar-refractivity contribution in [2.75, 3.05) is 13.7 Å². The molecule has 2 rings (SSSR count). The molecule has 0 saturated heterocycles. The number of hydrazone groups is 1. The maximum Gasteiger partial charge on any atom is 0.277 e. The van der Waals surface area contributed by atoms with Crippen LogP contribution in [0.3, 0.4) is 0 Å². The van der Waals surface area contributed by atoms with E-state index in [0.29, 0.717) is 11.5 Å². The summed E-state index contributed by atoms with van der Waals surface area (Å²) in [7, 11) is 1.57. The van der Waals surface area contributed by atoms with Crippen molar-refractivity contribution in [3.63, 3.8) is 0 Å². The molecule has 23 heavy (non-hydrogen) atoms. The van der Waals surface area contributed by atoms with Crippen LogP contribution in [0.25, 0.3) is 0 Å². The van der Waals surface area contributed by atoms with Crippen molar-refractivity contribution in [1.82, 2.24) is 5.43 Å². The Kier molecular flexibility index (Phi) is 6.61. The molecule has 1 amide bonds. The quantitative estimate of drug-likeness (QED) is 0.548. The second kappa shape index (κ2) is 8.69. The largest absolute Gasteiger partial charge is 0.496 e. The number of methoxy groups -OCH3 is 1. The number of nitrogens with zero attached hydrogens (tertiary/aromatic N) is 1. The van der Waals surface area contributed by atoms with Crippen LogP contribution < -0.4 is 14.9 Å². The molecule has 2 aromatic rings. The van der Waals surface area contributed by atoms with E-state index in [-0.39, 0.29) is 12.5 Å². The van der Waals surface area contributed by atoms with Crippen LogP contribution in [0.5, 0.6) is 11.5 Å². The third-order valence-corrected chi connectivity index (χ3v) is 3.74. The normalized spacial score (nSPS) is 10.6. The van der Waals surface area contributed by atoms with Crippen LogP contribution >= 0.6 is 31.9 Å². The minimum Gasteiger partial charge on any atom is -0.496 e. The highest BCUT2D eigenvalue weighted by Crippen LogP contribution is 2.21. The SMILES string of the molecule is COc1ccc(Br)cc1C=NNC(=O)COc1cccc(Br)c1. The van der Waals surface area contributed by atoms with Crippen LogP contribution in [0.15, 0.2) is 56.5 Å². The van der Waals surface area contributed by atoms with Gasteiger partial charge in [0.1, 0.15) is 11.5 Å². The lowest BCUT2D eigenvalue weighted by Crippen LogP contribution is -2.24. The average Bonchev–Trinajstić information content (AvgIpc) is 2.53. The first-order valence-electron chi connectivity index (χ1n) is 6.62. The maximum absolute atomic E-state index is 11.7. The molecule has 0 atom stereocenters. The number of benzene rings is 2. The first kappa shape index (κ1) is 17.5. The number of carbonyl (C=O) groups is 1. The molecule has 120 valence electrons. The molecule has 0 spiro atoms. The number of hydrogen-bond donors (Lipinski definition) is 1. The Morgan fingerprint density at radius 2 is 2.00 bits per heavy atom. The highest BCUT2D eigenvalue weighted by molar-refractivity contribution is 9.10. The van der Waals surface area contributed by atoms with E-state index in [1.165, 1.54) is 6.21 Å². The van der Waals surface area contributed by atoms with E-state index in [9.17, 15) is 4.79 Å². The minimum atomic E-state index is -0.352. The predicted molar refractivity (Wildman–Crippen MR) is 96.1 cm³/mol. The summed E-state index contributed by atoms with van der Waals surface area (Å²) in [6.07, 6.45) is 1.51. The van der Waals surface area contributed by atoms with Gasteiger partial charge in [0.15, 0.2) is 6.61 Å². The van der Waals surface area contributed by atoms with Crippen LogP contribution in [-0.2, 0) is 4.79 Å². The summed E-state index contributed by atoms with van der Waals surface area (Å²) in [5.74, 6) is 0.916. The Bertz CT molecular complexity index is 720. The molecule has 0 aliphatic rings. The Morgan fingerprint density at radius 1 is 1.22 bits per heavy atom. The lowest BCUT2D eigenvalue weighted by Gasteiger charge is -2.06. The summed E-state index contributed by atoms with van der Waals surface area (Å²) in [6, 6.07) is 12.8. The smallest absolute Gasteiger partial charge is 0.277 e. The van der Waals surface area contributed by atoms with E-state index < -0.39 is 0 Å². The molecule has 0 aliphatic carbocycles. The fourth-order valence-corrected chi connectivity index (χ4v) is 2.47. The summed E-state index contributed by atoms with van der Waals surface area (Å²) in [4.78, 5) is 11.7. The second-order valence-electron chi connectivity index (χ2n) is 4.43. The molecule has 0 radical (unpaired) electrons. The third-order valence-electron chi connectivity index (χ3n) is 2.75. The second-order valence-corrected chi connectivity index (χ2v) is 6.26. The number of halogens is 2. The molecule has 0 bridgehead atoms. The van der Waals surface area contributed by atoms with Gasteiger partial charge in [-0.2, -0.15) is 5.10 Å².